The molecule has 0 aromatic rings. The van der Waals surface area contributed by atoms with E-state index in [9.17, 15) is 24.0 Å². The number of aliphatic carboxylic acids is 1. The van der Waals surface area contributed by atoms with Gasteiger partial charge in [-0.1, -0.05) is 13.8 Å². The molecule has 15 heteroatoms. The summed E-state index contributed by atoms with van der Waals surface area (Å²) < 4.78 is 0. The largest absolute Gasteiger partial charge is 0.478 e. The van der Waals surface area contributed by atoms with Gasteiger partial charge in [-0.2, -0.15) is 0 Å². The minimum absolute atomic E-state index is 0.0449. The second kappa shape index (κ2) is 18.3. The van der Waals surface area contributed by atoms with Gasteiger partial charge in [0.2, 0.25) is 17.7 Å². The Morgan fingerprint density at radius 3 is 1.89 bits per heavy atom. The van der Waals surface area contributed by atoms with Crippen LogP contribution in [0.4, 0.5) is 0 Å². The monoisotopic (exact) mass is 525 g/mol. The number of aldehydes is 1. The molecule has 0 aliphatic rings. The molecule has 0 saturated carbocycles. The van der Waals surface area contributed by atoms with Crippen LogP contribution in [0.15, 0.2) is 22.1 Å². The van der Waals surface area contributed by atoms with Crippen molar-refractivity contribution in [2.24, 2.45) is 38.8 Å². The fraction of sp³-hybridized carbons (Fsp3) is 0.591. The molecule has 0 aromatic heterocycles. The van der Waals surface area contributed by atoms with Gasteiger partial charge in [0, 0.05) is 25.2 Å². The first kappa shape index (κ1) is 33.0. The molecule has 3 amide bonds. The average Bonchev–Trinajstić information content (AvgIpc) is 2.80. The van der Waals surface area contributed by atoms with E-state index >= 15 is 0 Å². The van der Waals surface area contributed by atoms with Crippen LogP contribution in [0.3, 0.4) is 0 Å². The molecule has 0 saturated heterocycles. The highest BCUT2D eigenvalue weighted by molar-refractivity contribution is 6.02. The quantitative estimate of drug-likeness (QED) is 0.0303. The Bertz CT molecular complexity index is 865. The molecule has 0 fully saturated rings. The van der Waals surface area contributed by atoms with Gasteiger partial charge in [-0.15, -0.1) is 0 Å². The van der Waals surface area contributed by atoms with E-state index in [-0.39, 0.29) is 37.2 Å². The lowest BCUT2D eigenvalue weighted by Crippen LogP contribution is -2.55. The number of guanidine groups is 2. The Kier molecular flexibility index (Phi) is 16.3. The standard InChI is InChI=1S/C22H39N9O6/c1-13(2)11-16(29-14(12-32)5-3-9-27-21(23)24)20(37)31-19(36)15(6-4-10-28-22(25)26)30-17(33)7-8-18(34)35/h7-8,12-16,29H,3-6,9-11H2,1-2H3,(H,30,33)(H,34,35)(H4,23,24,27)(H4,25,26,28)(H,31,36,37)/b8-7+/t14-,15-,16-/m0/s1. The summed E-state index contributed by atoms with van der Waals surface area (Å²) in [7, 11) is 0. The predicted molar refractivity (Wildman–Crippen MR) is 138 cm³/mol. The minimum atomic E-state index is -1.34. The molecule has 3 atom stereocenters. The Hall–Kier alpha value is -4.01. The van der Waals surface area contributed by atoms with Gasteiger partial charge in [0.1, 0.15) is 12.3 Å². The molecule has 0 aliphatic heterocycles. The second-order valence-electron chi connectivity index (χ2n) is 8.58. The first-order valence-corrected chi connectivity index (χ1v) is 11.7. The minimum Gasteiger partial charge on any atom is -0.478 e. The van der Waals surface area contributed by atoms with E-state index in [1.165, 1.54) is 0 Å². The maximum absolute atomic E-state index is 13.0. The molecular weight excluding hydrogens is 486 g/mol. The van der Waals surface area contributed by atoms with E-state index in [1.807, 2.05) is 13.8 Å². The Balaban J connectivity index is 5.41. The van der Waals surface area contributed by atoms with Crippen molar-refractivity contribution in [2.45, 2.75) is 64.1 Å². The van der Waals surface area contributed by atoms with E-state index in [0.29, 0.717) is 38.2 Å². The molecule has 0 bridgehead atoms. The van der Waals surface area contributed by atoms with Crippen molar-refractivity contribution in [2.75, 3.05) is 13.1 Å². The lowest BCUT2D eigenvalue weighted by atomic mass is 10.0. The fourth-order valence-corrected chi connectivity index (χ4v) is 3.13. The summed E-state index contributed by atoms with van der Waals surface area (Å²) in [6.45, 7) is 4.23. The van der Waals surface area contributed by atoms with Crippen molar-refractivity contribution in [3.8, 4) is 0 Å². The second-order valence-corrected chi connectivity index (χ2v) is 8.58. The van der Waals surface area contributed by atoms with Crippen LogP contribution >= 0.6 is 0 Å². The SMILES string of the molecule is CC(C)C[C@H](N[C@H](C=O)CCCN=C(N)N)C(=O)NC(=O)[C@H](CCCN=C(N)N)NC(=O)/C=C/C(=O)O. The van der Waals surface area contributed by atoms with Crippen molar-refractivity contribution in [1.82, 2.24) is 16.0 Å². The van der Waals surface area contributed by atoms with Crippen LogP contribution in [0.5, 0.6) is 0 Å². The number of nitrogens with two attached hydrogens (primary N) is 4. The Morgan fingerprint density at radius 2 is 1.41 bits per heavy atom. The molecular formula is C22H39N9O6. The van der Waals surface area contributed by atoms with Crippen LogP contribution in [-0.2, 0) is 24.0 Å². The van der Waals surface area contributed by atoms with Crippen molar-refractivity contribution < 1.29 is 29.1 Å². The number of carboxylic acids is 1. The molecule has 0 heterocycles. The van der Waals surface area contributed by atoms with Gasteiger partial charge in [0.25, 0.3) is 0 Å². The molecule has 0 aliphatic carbocycles. The molecule has 208 valence electrons. The van der Waals surface area contributed by atoms with E-state index in [2.05, 4.69) is 25.9 Å². The number of aliphatic imine (C=N–C) groups is 2. The number of rotatable bonds is 18. The predicted octanol–water partition coefficient (Wildman–Crippen LogP) is -2.57. The number of nitrogens with one attached hydrogen (secondary N) is 3. The molecule has 12 N–H and O–H groups in total. The number of carboxylic acid groups (broad SMARTS) is 1. The van der Waals surface area contributed by atoms with Gasteiger partial charge in [0.05, 0.1) is 12.1 Å². The highest BCUT2D eigenvalue weighted by Crippen LogP contribution is 2.08. The highest BCUT2D eigenvalue weighted by Gasteiger charge is 2.28. The lowest BCUT2D eigenvalue weighted by molar-refractivity contribution is -0.134. The molecule has 0 radical (unpaired) electrons. The van der Waals surface area contributed by atoms with Crippen LogP contribution in [0.25, 0.3) is 0 Å². The fourth-order valence-electron chi connectivity index (χ4n) is 3.13. The third-order valence-corrected chi connectivity index (χ3v) is 4.77. The number of nitrogens with zero attached hydrogens (tertiary/aromatic N) is 2. The number of imide groups is 1. The summed E-state index contributed by atoms with van der Waals surface area (Å²) in [5, 5.41) is 16.3. The average molecular weight is 526 g/mol. The first-order valence-electron chi connectivity index (χ1n) is 11.7. The molecule has 0 spiro atoms. The molecule has 15 nitrogen and oxygen atoms in total. The summed E-state index contributed by atoms with van der Waals surface area (Å²) in [5.74, 6) is -3.83. The van der Waals surface area contributed by atoms with Crippen LogP contribution in [0, 0.1) is 5.92 Å². The van der Waals surface area contributed by atoms with Gasteiger partial charge < -0.3 is 38.2 Å². The number of hydrogen-bond donors (Lipinski definition) is 8. The van der Waals surface area contributed by atoms with E-state index in [0.717, 1.165) is 6.08 Å². The zero-order valence-electron chi connectivity index (χ0n) is 21.2. The maximum Gasteiger partial charge on any atom is 0.328 e. The van der Waals surface area contributed by atoms with Crippen LogP contribution in [0.1, 0.15) is 46.0 Å². The number of amides is 3. The smallest absolute Gasteiger partial charge is 0.328 e. The normalized spacial score (nSPS) is 13.3. The molecule has 0 unspecified atom stereocenters. The summed E-state index contributed by atoms with van der Waals surface area (Å²) >= 11 is 0. The zero-order valence-corrected chi connectivity index (χ0v) is 21.2. The van der Waals surface area contributed by atoms with Gasteiger partial charge in [-0.3, -0.25) is 35.0 Å². The van der Waals surface area contributed by atoms with Crippen molar-refractivity contribution >= 4 is 41.9 Å². The third kappa shape index (κ3) is 17.1. The van der Waals surface area contributed by atoms with Gasteiger partial charge in [-0.05, 0) is 38.0 Å². The molecule has 37 heavy (non-hydrogen) atoms. The van der Waals surface area contributed by atoms with E-state index in [1.54, 1.807) is 0 Å². The van der Waals surface area contributed by atoms with Crippen molar-refractivity contribution in [3.63, 3.8) is 0 Å². The lowest BCUT2D eigenvalue weighted by Gasteiger charge is -2.24. The zero-order chi connectivity index (χ0) is 28.4. The first-order chi connectivity index (χ1) is 17.3. The summed E-state index contributed by atoms with van der Waals surface area (Å²) in [5.41, 5.74) is 21.1. The van der Waals surface area contributed by atoms with Crippen LogP contribution in [-0.4, -0.2) is 78.2 Å². The number of hydrogen-bond acceptors (Lipinski definition) is 8. The van der Waals surface area contributed by atoms with Gasteiger partial charge in [0.15, 0.2) is 11.9 Å². The van der Waals surface area contributed by atoms with Crippen molar-refractivity contribution in [3.05, 3.63) is 12.2 Å². The maximum atomic E-state index is 13.0. The van der Waals surface area contributed by atoms with Gasteiger partial charge in [-0.25, -0.2) is 4.79 Å². The number of carbonyl (C=O) groups excluding carboxylic acids is 4. The van der Waals surface area contributed by atoms with Gasteiger partial charge >= 0.3 is 5.97 Å². The topological polar surface area (TPSA) is 270 Å². The summed E-state index contributed by atoms with van der Waals surface area (Å²) in [4.78, 5) is 67.7. The van der Waals surface area contributed by atoms with E-state index in [4.69, 9.17) is 28.0 Å². The Morgan fingerprint density at radius 1 is 0.865 bits per heavy atom. The van der Waals surface area contributed by atoms with Crippen molar-refractivity contribution in [1.29, 1.82) is 0 Å². The van der Waals surface area contributed by atoms with Crippen LogP contribution < -0.4 is 38.9 Å². The van der Waals surface area contributed by atoms with Crippen LogP contribution in [0.2, 0.25) is 0 Å². The third-order valence-electron chi connectivity index (χ3n) is 4.77. The highest BCUT2D eigenvalue weighted by atomic mass is 16.4. The Labute approximate surface area is 215 Å². The molecule has 0 rings (SSSR count). The van der Waals surface area contributed by atoms with E-state index < -0.39 is 41.8 Å². The summed E-state index contributed by atoms with van der Waals surface area (Å²) in [6.07, 6.45) is 3.54. The molecule has 0 aromatic carbocycles. The number of carbonyl (C=O) groups is 5. The summed E-state index contributed by atoms with van der Waals surface area (Å²) in [6, 6.07) is -2.74.